The molecule has 0 spiro atoms. The molecule has 0 aliphatic heterocycles. The van der Waals surface area contributed by atoms with Crippen LogP contribution in [0.4, 0.5) is 10.1 Å². The summed E-state index contributed by atoms with van der Waals surface area (Å²) >= 11 is 9.22. The summed E-state index contributed by atoms with van der Waals surface area (Å²) in [4.78, 5) is 0. The van der Waals surface area contributed by atoms with E-state index in [1.54, 1.807) is 19.2 Å². The number of hydrogen-bond acceptors (Lipinski definition) is 3. The van der Waals surface area contributed by atoms with Crippen molar-refractivity contribution in [3.8, 4) is 11.5 Å². The lowest BCUT2D eigenvalue weighted by molar-refractivity contribution is 0.284. The maximum Gasteiger partial charge on any atom is 0.161 e. The van der Waals surface area contributed by atoms with Gasteiger partial charge in [0, 0.05) is 16.7 Å². The molecule has 3 rings (SSSR count). The Hall–Kier alpha value is -2.24. The van der Waals surface area contributed by atoms with E-state index >= 15 is 0 Å². The monoisotopic (exact) mass is 449 g/mol. The number of anilines is 1. The Morgan fingerprint density at radius 2 is 1.70 bits per heavy atom. The first kappa shape index (κ1) is 19.5. The second kappa shape index (κ2) is 9.11. The van der Waals surface area contributed by atoms with Crippen molar-refractivity contribution in [2.24, 2.45) is 0 Å². The zero-order valence-electron chi connectivity index (χ0n) is 14.6. The Kier molecular flexibility index (Phi) is 6.58. The molecule has 0 fully saturated rings. The van der Waals surface area contributed by atoms with Crippen LogP contribution >= 0.6 is 27.5 Å². The van der Waals surface area contributed by atoms with Gasteiger partial charge in [0.2, 0.25) is 0 Å². The molecule has 0 saturated heterocycles. The van der Waals surface area contributed by atoms with Crippen molar-refractivity contribution in [1.82, 2.24) is 0 Å². The van der Waals surface area contributed by atoms with Crippen molar-refractivity contribution < 1.29 is 13.9 Å². The molecule has 27 heavy (non-hydrogen) atoms. The number of hydrogen-bond donors (Lipinski definition) is 1. The molecule has 0 aliphatic carbocycles. The molecule has 0 saturated carbocycles. The van der Waals surface area contributed by atoms with Crippen molar-refractivity contribution in [1.29, 1.82) is 0 Å². The standard InChI is InChI=1S/C21H18BrClFNO2/c1-26-21-10-15(12-25-17-7-8-19(24)18(23)11-17)4-9-20(21)27-13-14-2-5-16(22)6-3-14/h2-11,25H,12-13H2,1H3. The van der Waals surface area contributed by atoms with Crippen LogP contribution in [0.1, 0.15) is 11.1 Å². The number of ether oxygens (including phenoxy) is 2. The average molecular weight is 451 g/mol. The van der Waals surface area contributed by atoms with E-state index in [4.69, 9.17) is 21.1 Å². The number of halogens is 3. The number of methoxy groups -OCH3 is 1. The molecule has 1 N–H and O–H groups in total. The van der Waals surface area contributed by atoms with Crippen LogP contribution in [0.5, 0.6) is 11.5 Å². The van der Waals surface area contributed by atoms with Crippen LogP contribution in [0, 0.1) is 5.82 Å². The van der Waals surface area contributed by atoms with Crippen molar-refractivity contribution >= 4 is 33.2 Å². The van der Waals surface area contributed by atoms with E-state index in [0.717, 1.165) is 21.3 Å². The van der Waals surface area contributed by atoms with Crippen LogP contribution in [0.3, 0.4) is 0 Å². The van der Waals surface area contributed by atoms with Gasteiger partial charge in [-0.15, -0.1) is 0 Å². The van der Waals surface area contributed by atoms with Crippen LogP contribution in [0.15, 0.2) is 65.1 Å². The van der Waals surface area contributed by atoms with E-state index < -0.39 is 5.82 Å². The fraction of sp³-hybridized carbons (Fsp3) is 0.143. The van der Waals surface area contributed by atoms with E-state index in [1.165, 1.54) is 6.07 Å². The molecule has 3 aromatic carbocycles. The Labute approximate surface area is 171 Å². The van der Waals surface area contributed by atoms with Gasteiger partial charge in [-0.3, -0.25) is 0 Å². The van der Waals surface area contributed by atoms with E-state index in [2.05, 4.69) is 21.2 Å². The number of benzene rings is 3. The lowest BCUT2D eigenvalue weighted by Gasteiger charge is -2.13. The molecule has 0 atom stereocenters. The van der Waals surface area contributed by atoms with Crippen molar-refractivity contribution in [2.75, 3.05) is 12.4 Å². The SMILES string of the molecule is COc1cc(CNc2ccc(F)c(Cl)c2)ccc1OCc1ccc(Br)cc1. The van der Waals surface area contributed by atoms with Crippen LogP contribution in [0.25, 0.3) is 0 Å². The first-order chi connectivity index (χ1) is 13.0. The van der Waals surface area contributed by atoms with Gasteiger partial charge in [0.15, 0.2) is 11.5 Å². The normalized spacial score (nSPS) is 10.5. The smallest absolute Gasteiger partial charge is 0.161 e. The van der Waals surface area contributed by atoms with E-state index in [-0.39, 0.29) is 5.02 Å². The maximum atomic E-state index is 13.2. The van der Waals surface area contributed by atoms with Crippen molar-refractivity contribution in [2.45, 2.75) is 13.2 Å². The summed E-state index contributed by atoms with van der Waals surface area (Å²) in [6.07, 6.45) is 0. The minimum atomic E-state index is -0.434. The van der Waals surface area contributed by atoms with E-state index in [0.29, 0.717) is 24.7 Å². The van der Waals surface area contributed by atoms with E-state index in [1.807, 2.05) is 42.5 Å². The predicted octanol–water partition coefficient (Wildman–Crippen LogP) is 6.44. The zero-order chi connectivity index (χ0) is 19.2. The summed E-state index contributed by atoms with van der Waals surface area (Å²) < 4.78 is 25.6. The maximum absolute atomic E-state index is 13.2. The lowest BCUT2D eigenvalue weighted by atomic mass is 10.2. The number of nitrogens with one attached hydrogen (secondary N) is 1. The molecular formula is C21H18BrClFNO2. The summed E-state index contributed by atoms with van der Waals surface area (Å²) in [5.41, 5.74) is 2.82. The zero-order valence-corrected chi connectivity index (χ0v) is 17.0. The third kappa shape index (κ3) is 5.37. The first-order valence-corrected chi connectivity index (χ1v) is 9.45. The molecule has 0 bridgehead atoms. The summed E-state index contributed by atoms with van der Waals surface area (Å²) in [7, 11) is 1.61. The largest absolute Gasteiger partial charge is 0.493 e. The molecule has 0 unspecified atom stereocenters. The fourth-order valence-corrected chi connectivity index (χ4v) is 2.94. The molecule has 0 heterocycles. The molecule has 3 nitrogen and oxygen atoms in total. The molecular weight excluding hydrogens is 433 g/mol. The average Bonchev–Trinajstić information content (AvgIpc) is 2.68. The van der Waals surface area contributed by atoms with Crippen LogP contribution in [-0.4, -0.2) is 7.11 Å². The highest BCUT2D eigenvalue weighted by molar-refractivity contribution is 9.10. The van der Waals surface area contributed by atoms with Crippen LogP contribution in [0.2, 0.25) is 5.02 Å². The third-order valence-electron chi connectivity index (χ3n) is 3.95. The molecule has 6 heteroatoms. The minimum Gasteiger partial charge on any atom is -0.493 e. The summed E-state index contributed by atoms with van der Waals surface area (Å²) in [5.74, 6) is 0.897. The van der Waals surface area contributed by atoms with Gasteiger partial charge in [-0.1, -0.05) is 45.7 Å². The fourth-order valence-electron chi connectivity index (χ4n) is 2.49. The Balaban J connectivity index is 1.64. The van der Waals surface area contributed by atoms with Gasteiger partial charge >= 0.3 is 0 Å². The molecule has 0 aromatic heterocycles. The Morgan fingerprint density at radius 1 is 0.963 bits per heavy atom. The van der Waals surface area contributed by atoms with Crippen molar-refractivity contribution in [3.63, 3.8) is 0 Å². The second-order valence-corrected chi connectivity index (χ2v) is 7.21. The van der Waals surface area contributed by atoms with Gasteiger partial charge in [0.05, 0.1) is 12.1 Å². The molecule has 3 aromatic rings. The molecule has 140 valence electrons. The highest BCUT2D eigenvalue weighted by Crippen LogP contribution is 2.29. The van der Waals surface area contributed by atoms with Crippen LogP contribution < -0.4 is 14.8 Å². The first-order valence-electron chi connectivity index (χ1n) is 8.28. The predicted molar refractivity (Wildman–Crippen MR) is 110 cm³/mol. The van der Waals surface area contributed by atoms with Gasteiger partial charge in [-0.05, 0) is 53.6 Å². The van der Waals surface area contributed by atoms with Gasteiger partial charge < -0.3 is 14.8 Å². The summed E-state index contributed by atoms with van der Waals surface area (Å²) in [6.45, 7) is 1.00. The molecule has 0 aliphatic rings. The van der Waals surface area contributed by atoms with E-state index in [9.17, 15) is 4.39 Å². The van der Waals surface area contributed by atoms with Gasteiger partial charge in [-0.25, -0.2) is 4.39 Å². The Morgan fingerprint density at radius 3 is 2.41 bits per heavy atom. The highest BCUT2D eigenvalue weighted by Gasteiger charge is 2.07. The highest BCUT2D eigenvalue weighted by atomic mass is 79.9. The quantitative estimate of drug-likeness (QED) is 0.449. The summed E-state index contributed by atoms with van der Waals surface area (Å²) in [5, 5.41) is 3.30. The van der Waals surface area contributed by atoms with Gasteiger partial charge in [-0.2, -0.15) is 0 Å². The summed E-state index contributed by atoms with van der Waals surface area (Å²) in [6, 6.07) is 18.3. The van der Waals surface area contributed by atoms with Gasteiger partial charge in [0.25, 0.3) is 0 Å². The second-order valence-electron chi connectivity index (χ2n) is 5.88. The van der Waals surface area contributed by atoms with Crippen LogP contribution in [-0.2, 0) is 13.2 Å². The Bertz CT molecular complexity index is 919. The minimum absolute atomic E-state index is 0.0919. The topological polar surface area (TPSA) is 30.5 Å². The third-order valence-corrected chi connectivity index (χ3v) is 4.77. The lowest BCUT2D eigenvalue weighted by Crippen LogP contribution is -2.02. The number of rotatable bonds is 7. The molecule has 0 amide bonds. The molecule has 0 radical (unpaired) electrons. The van der Waals surface area contributed by atoms with Crippen molar-refractivity contribution in [3.05, 3.63) is 87.1 Å². The van der Waals surface area contributed by atoms with Gasteiger partial charge in [0.1, 0.15) is 12.4 Å².